The molecule has 3 amide bonds. The first-order chi connectivity index (χ1) is 14.7. The van der Waals surface area contributed by atoms with E-state index in [0.717, 1.165) is 23.6 Å². The molecule has 1 aromatic heterocycles. The fourth-order valence-corrected chi connectivity index (χ4v) is 4.10. The molecule has 1 aromatic carbocycles. The van der Waals surface area contributed by atoms with Crippen LogP contribution in [0, 0.1) is 5.92 Å². The van der Waals surface area contributed by atoms with Gasteiger partial charge in [-0.1, -0.05) is 19.1 Å². The molecule has 1 N–H and O–H groups in total. The van der Waals surface area contributed by atoms with Crippen molar-refractivity contribution in [2.24, 2.45) is 5.92 Å². The van der Waals surface area contributed by atoms with Crippen LogP contribution in [0.3, 0.4) is 0 Å². The Balaban J connectivity index is 1.30. The molecular weight excluding hydrogens is 382 g/mol. The molecule has 4 rings (SSSR count). The van der Waals surface area contributed by atoms with E-state index in [1.807, 2.05) is 46.2 Å². The second-order valence-corrected chi connectivity index (χ2v) is 7.89. The predicted molar refractivity (Wildman–Crippen MR) is 114 cm³/mol. The normalized spacial score (nSPS) is 19.2. The number of urea groups is 1. The number of amides is 3. The first-order valence-corrected chi connectivity index (χ1v) is 10.8. The van der Waals surface area contributed by atoms with Crippen LogP contribution in [-0.2, 0) is 11.2 Å². The lowest BCUT2D eigenvalue weighted by atomic mass is 9.96. The van der Waals surface area contributed by atoms with Crippen LogP contribution in [0.4, 0.5) is 10.5 Å². The molecule has 0 bridgehead atoms. The lowest BCUT2D eigenvalue weighted by Crippen LogP contribution is -2.52. The number of piperidine rings is 1. The third kappa shape index (κ3) is 4.45. The van der Waals surface area contributed by atoms with Crippen molar-refractivity contribution < 1.29 is 18.7 Å². The smallest absolute Gasteiger partial charge is 0.324 e. The number of furan rings is 1. The molecule has 0 spiro atoms. The second-order valence-electron chi connectivity index (χ2n) is 7.89. The number of likely N-dealkylation sites (tertiary alicyclic amines) is 1. The summed E-state index contributed by atoms with van der Waals surface area (Å²) in [7, 11) is 0. The Kier molecular flexibility index (Phi) is 6.26. The molecule has 0 aliphatic carbocycles. The van der Waals surface area contributed by atoms with Crippen LogP contribution in [0.25, 0.3) is 0 Å². The zero-order chi connectivity index (χ0) is 20.9. The van der Waals surface area contributed by atoms with Crippen LogP contribution < -0.4 is 15.0 Å². The molecule has 2 aliphatic rings. The highest BCUT2D eigenvalue weighted by molar-refractivity contribution is 5.94. The number of nitrogens with one attached hydrogen (secondary N) is 1. The zero-order valence-corrected chi connectivity index (χ0v) is 17.4. The summed E-state index contributed by atoms with van der Waals surface area (Å²) in [6.07, 6.45) is 4.53. The predicted octanol–water partition coefficient (Wildman–Crippen LogP) is 3.45. The molecule has 30 heavy (non-hydrogen) atoms. The largest absolute Gasteiger partial charge is 0.486 e. The van der Waals surface area contributed by atoms with Crippen molar-refractivity contribution in [1.82, 2.24) is 10.2 Å². The fraction of sp³-hybridized carbons (Fsp3) is 0.478. The molecule has 1 fully saturated rings. The van der Waals surface area contributed by atoms with Crippen molar-refractivity contribution in [2.75, 3.05) is 31.1 Å². The summed E-state index contributed by atoms with van der Waals surface area (Å²) in [4.78, 5) is 29.4. The standard InChI is InChI=1S/C23H29N3O4/c1-2-18-16-26(20-7-3-4-8-21(20)30-18)23(28)25-13-10-17(11-14-25)22(27)24-12-9-19-6-5-15-29-19/h3-8,15,17-18H,2,9-14,16H2,1H3,(H,24,27). The summed E-state index contributed by atoms with van der Waals surface area (Å²) in [6, 6.07) is 11.4. The van der Waals surface area contributed by atoms with Crippen molar-refractivity contribution in [2.45, 2.75) is 38.7 Å². The summed E-state index contributed by atoms with van der Waals surface area (Å²) in [6.45, 7) is 4.36. The minimum atomic E-state index is -0.0500. The molecule has 1 atom stereocenters. The van der Waals surface area contributed by atoms with Crippen molar-refractivity contribution in [3.63, 3.8) is 0 Å². The van der Waals surface area contributed by atoms with Gasteiger partial charge in [0.1, 0.15) is 17.6 Å². The average Bonchev–Trinajstić information content (AvgIpc) is 3.31. The second kappa shape index (κ2) is 9.24. The van der Waals surface area contributed by atoms with Gasteiger partial charge in [0.2, 0.25) is 5.91 Å². The molecule has 1 saturated heterocycles. The van der Waals surface area contributed by atoms with E-state index in [4.69, 9.17) is 9.15 Å². The monoisotopic (exact) mass is 411 g/mol. The fourth-order valence-electron chi connectivity index (χ4n) is 4.10. The van der Waals surface area contributed by atoms with E-state index >= 15 is 0 Å². The van der Waals surface area contributed by atoms with Gasteiger partial charge in [-0.25, -0.2) is 4.79 Å². The van der Waals surface area contributed by atoms with E-state index in [1.165, 1.54) is 0 Å². The number of carbonyl (C=O) groups excluding carboxylic acids is 2. The highest BCUT2D eigenvalue weighted by Gasteiger charge is 2.34. The molecule has 0 radical (unpaired) electrons. The number of para-hydroxylation sites is 2. The maximum Gasteiger partial charge on any atom is 0.324 e. The van der Waals surface area contributed by atoms with Gasteiger partial charge < -0.3 is 19.4 Å². The summed E-state index contributed by atoms with van der Waals surface area (Å²) in [5, 5.41) is 3.00. The van der Waals surface area contributed by atoms with Gasteiger partial charge in [-0.3, -0.25) is 9.69 Å². The number of anilines is 1. The summed E-state index contributed by atoms with van der Waals surface area (Å²) < 4.78 is 11.3. The Labute approximate surface area is 177 Å². The third-order valence-electron chi connectivity index (χ3n) is 5.91. The van der Waals surface area contributed by atoms with Gasteiger partial charge in [0.15, 0.2) is 0 Å². The van der Waals surface area contributed by atoms with Gasteiger partial charge in [-0.15, -0.1) is 0 Å². The summed E-state index contributed by atoms with van der Waals surface area (Å²) in [5.74, 6) is 1.64. The van der Waals surface area contributed by atoms with Crippen LogP contribution >= 0.6 is 0 Å². The van der Waals surface area contributed by atoms with Crippen LogP contribution in [-0.4, -0.2) is 49.1 Å². The lowest BCUT2D eigenvalue weighted by molar-refractivity contribution is -0.126. The van der Waals surface area contributed by atoms with Crippen molar-refractivity contribution in [3.8, 4) is 5.75 Å². The number of fused-ring (bicyclic) bond motifs is 1. The number of hydrogen-bond acceptors (Lipinski definition) is 4. The summed E-state index contributed by atoms with van der Waals surface area (Å²) in [5.41, 5.74) is 0.824. The Bertz CT molecular complexity index is 859. The number of benzene rings is 1. The van der Waals surface area contributed by atoms with E-state index < -0.39 is 0 Å². The van der Waals surface area contributed by atoms with Gasteiger partial charge in [-0.05, 0) is 43.5 Å². The van der Waals surface area contributed by atoms with Crippen LogP contribution in [0.15, 0.2) is 47.1 Å². The average molecular weight is 412 g/mol. The van der Waals surface area contributed by atoms with E-state index in [1.54, 1.807) is 6.26 Å². The number of ether oxygens (including phenoxy) is 1. The molecule has 7 nitrogen and oxygen atoms in total. The van der Waals surface area contributed by atoms with Crippen molar-refractivity contribution in [3.05, 3.63) is 48.4 Å². The maximum atomic E-state index is 13.2. The summed E-state index contributed by atoms with van der Waals surface area (Å²) >= 11 is 0. The highest BCUT2D eigenvalue weighted by atomic mass is 16.5. The van der Waals surface area contributed by atoms with Gasteiger partial charge in [0.05, 0.1) is 18.5 Å². The Morgan fingerprint density at radius 3 is 2.67 bits per heavy atom. The van der Waals surface area contributed by atoms with Crippen LogP contribution in [0.2, 0.25) is 0 Å². The highest BCUT2D eigenvalue weighted by Crippen LogP contribution is 2.35. The van der Waals surface area contributed by atoms with Gasteiger partial charge in [-0.2, -0.15) is 0 Å². The Morgan fingerprint density at radius 1 is 1.13 bits per heavy atom. The van der Waals surface area contributed by atoms with Crippen LogP contribution in [0.5, 0.6) is 5.75 Å². The van der Waals surface area contributed by atoms with E-state index in [0.29, 0.717) is 45.4 Å². The Morgan fingerprint density at radius 2 is 1.93 bits per heavy atom. The van der Waals surface area contributed by atoms with Gasteiger partial charge in [0, 0.05) is 32.0 Å². The number of nitrogens with zero attached hydrogens (tertiary/aromatic N) is 2. The molecule has 2 aromatic rings. The first kappa shape index (κ1) is 20.3. The lowest BCUT2D eigenvalue weighted by Gasteiger charge is -2.39. The SMILES string of the molecule is CCC1CN(C(=O)N2CCC(C(=O)NCCc3ccco3)CC2)c2ccccc2O1. The quantitative estimate of drug-likeness (QED) is 0.818. The zero-order valence-electron chi connectivity index (χ0n) is 17.4. The minimum absolute atomic E-state index is 0.000813. The molecule has 2 aliphatic heterocycles. The molecule has 7 heteroatoms. The molecule has 1 unspecified atom stereocenters. The number of rotatable bonds is 5. The van der Waals surface area contributed by atoms with E-state index in [2.05, 4.69) is 12.2 Å². The van der Waals surface area contributed by atoms with Gasteiger partial charge >= 0.3 is 6.03 Å². The molecule has 0 saturated carbocycles. The van der Waals surface area contributed by atoms with E-state index in [9.17, 15) is 9.59 Å². The minimum Gasteiger partial charge on any atom is -0.486 e. The van der Waals surface area contributed by atoms with Crippen LogP contribution in [0.1, 0.15) is 31.9 Å². The number of carbonyl (C=O) groups is 2. The first-order valence-electron chi connectivity index (χ1n) is 10.8. The Hall–Kier alpha value is -2.96. The topological polar surface area (TPSA) is 75.0 Å². The van der Waals surface area contributed by atoms with E-state index in [-0.39, 0.29) is 24.0 Å². The number of hydrogen-bond donors (Lipinski definition) is 1. The third-order valence-corrected chi connectivity index (χ3v) is 5.91. The molecule has 160 valence electrons. The van der Waals surface area contributed by atoms with Crippen molar-refractivity contribution in [1.29, 1.82) is 0 Å². The maximum absolute atomic E-state index is 13.2. The van der Waals surface area contributed by atoms with Gasteiger partial charge in [0.25, 0.3) is 0 Å². The van der Waals surface area contributed by atoms with Crippen molar-refractivity contribution >= 4 is 17.6 Å². The molecular formula is C23H29N3O4. The molecule has 3 heterocycles.